The first kappa shape index (κ1) is 14.0. The van der Waals surface area contributed by atoms with Gasteiger partial charge >= 0.3 is 0 Å². The van der Waals surface area contributed by atoms with Crippen molar-refractivity contribution >= 4 is 11.8 Å². The Morgan fingerprint density at radius 1 is 1.44 bits per heavy atom. The molecule has 0 spiro atoms. The Bertz CT molecular complexity index is 344. The van der Waals surface area contributed by atoms with Gasteiger partial charge in [-0.3, -0.25) is 0 Å². The summed E-state index contributed by atoms with van der Waals surface area (Å²) in [6.07, 6.45) is 8.68. The van der Waals surface area contributed by atoms with Crippen LogP contribution in [0.15, 0.2) is 18.5 Å². The maximum absolute atomic E-state index is 3.63. The average molecular weight is 266 g/mol. The van der Waals surface area contributed by atoms with E-state index >= 15 is 0 Å². The number of rotatable bonds is 9. The summed E-state index contributed by atoms with van der Waals surface area (Å²) in [5.41, 5.74) is 1.49. The zero-order chi connectivity index (χ0) is 12.8. The molecule has 1 aromatic rings. The minimum Gasteiger partial charge on any atom is -0.354 e. The number of hydrogen-bond donors (Lipinski definition) is 1. The van der Waals surface area contributed by atoms with Crippen LogP contribution >= 0.6 is 11.8 Å². The summed E-state index contributed by atoms with van der Waals surface area (Å²) in [6.45, 7) is 6.67. The van der Waals surface area contributed by atoms with Crippen molar-refractivity contribution in [2.75, 3.05) is 18.1 Å². The fourth-order valence-electron chi connectivity index (χ4n) is 2.48. The van der Waals surface area contributed by atoms with Crippen molar-refractivity contribution in [3.8, 4) is 0 Å². The van der Waals surface area contributed by atoms with Crippen molar-refractivity contribution in [3.05, 3.63) is 24.0 Å². The van der Waals surface area contributed by atoms with E-state index in [1.165, 1.54) is 36.3 Å². The predicted octanol–water partition coefficient (Wildman–Crippen LogP) is 3.69. The van der Waals surface area contributed by atoms with Gasteiger partial charge in [-0.2, -0.15) is 11.8 Å². The molecule has 1 aliphatic carbocycles. The molecule has 1 saturated carbocycles. The molecule has 2 rings (SSSR count). The average Bonchev–Trinajstić information content (AvgIpc) is 3.11. The topological polar surface area (TPSA) is 17.0 Å². The second-order valence-corrected chi connectivity index (χ2v) is 6.50. The van der Waals surface area contributed by atoms with Crippen LogP contribution in [0.4, 0.5) is 0 Å². The fourth-order valence-corrected chi connectivity index (χ4v) is 3.10. The molecule has 1 heterocycles. The predicted molar refractivity (Wildman–Crippen MR) is 81.2 cm³/mol. The van der Waals surface area contributed by atoms with Gasteiger partial charge < -0.3 is 9.88 Å². The molecule has 1 N–H and O–H groups in total. The van der Waals surface area contributed by atoms with Gasteiger partial charge in [-0.1, -0.05) is 13.8 Å². The molecule has 0 radical (unpaired) electrons. The van der Waals surface area contributed by atoms with Crippen molar-refractivity contribution in [2.24, 2.45) is 5.92 Å². The van der Waals surface area contributed by atoms with E-state index < -0.39 is 0 Å². The molecule has 2 nitrogen and oxygen atoms in total. The number of aryl methyl sites for hydroxylation is 1. The molecule has 102 valence electrons. The Labute approximate surface area is 116 Å². The van der Waals surface area contributed by atoms with Crippen LogP contribution < -0.4 is 5.32 Å². The Morgan fingerprint density at radius 2 is 2.28 bits per heavy atom. The van der Waals surface area contributed by atoms with E-state index in [1.54, 1.807) is 0 Å². The molecule has 18 heavy (non-hydrogen) atoms. The summed E-state index contributed by atoms with van der Waals surface area (Å²) in [5, 5.41) is 3.63. The summed E-state index contributed by atoms with van der Waals surface area (Å²) in [7, 11) is 0. The molecule has 0 saturated heterocycles. The van der Waals surface area contributed by atoms with E-state index in [4.69, 9.17) is 0 Å². The highest BCUT2D eigenvalue weighted by atomic mass is 32.2. The van der Waals surface area contributed by atoms with Crippen LogP contribution in [0.5, 0.6) is 0 Å². The minimum atomic E-state index is 0.598. The lowest BCUT2D eigenvalue weighted by atomic mass is 10.1. The molecule has 0 bridgehead atoms. The van der Waals surface area contributed by atoms with Crippen molar-refractivity contribution in [2.45, 2.75) is 45.7 Å². The minimum absolute atomic E-state index is 0.598. The van der Waals surface area contributed by atoms with E-state index in [0.29, 0.717) is 6.04 Å². The first-order chi connectivity index (χ1) is 8.85. The van der Waals surface area contributed by atoms with Gasteiger partial charge in [0.05, 0.1) is 0 Å². The molecule has 1 aliphatic rings. The van der Waals surface area contributed by atoms with Crippen molar-refractivity contribution in [1.82, 2.24) is 9.88 Å². The van der Waals surface area contributed by atoms with Crippen LogP contribution in [0.2, 0.25) is 0 Å². The Kier molecular flexibility index (Phi) is 5.64. The van der Waals surface area contributed by atoms with E-state index in [0.717, 1.165) is 19.0 Å². The summed E-state index contributed by atoms with van der Waals surface area (Å²) in [6, 6.07) is 2.90. The number of aromatic nitrogens is 1. The highest BCUT2D eigenvalue weighted by molar-refractivity contribution is 7.99. The summed E-state index contributed by atoms with van der Waals surface area (Å²) >= 11 is 2.04. The lowest BCUT2D eigenvalue weighted by Crippen LogP contribution is -2.22. The lowest BCUT2D eigenvalue weighted by Gasteiger charge is -2.15. The van der Waals surface area contributed by atoms with Gasteiger partial charge in [0.25, 0.3) is 0 Å². The Hall–Kier alpha value is -0.410. The molecule has 1 fully saturated rings. The number of thioether (sulfide) groups is 1. The second kappa shape index (κ2) is 7.25. The van der Waals surface area contributed by atoms with Crippen LogP contribution in [0, 0.1) is 5.92 Å². The van der Waals surface area contributed by atoms with Crippen LogP contribution in [0.1, 0.15) is 44.7 Å². The molecular formula is C15H26N2S. The second-order valence-electron chi connectivity index (χ2n) is 5.11. The smallest absolute Gasteiger partial charge is 0.0363 e. The maximum atomic E-state index is 3.63. The zero-order valence-corrected chi connectivity index (χ0v) is 12.5. The molecule has 1 aromatic heterocycles. The molecular weight excluding hydrogens is 240 g/mol. The molecule has 1 atom stereocenters. The van der Waals surface area contributed by atoms with Gasteiger partial charge in [0.2, 0.25) is 0 Å². The van der Waals surface area contributed by atoms with Crippen molar-refractivity contribution < 1.29 is 0 Å². The molecule has 3 heteroatoms. The molecule has 0 amide bonds. The third kappa shape index (κ3) is 4.06. The van der Waals surface area contributed by atoms with Crippen LogP contribution in [0.3, 0.4) is 0 Å². The van der Waals surface area contributed by atoms with Gasteiger partial charge in [0.1, 0.15) is 0 Å². The Morgan fingerprint density at radius 3 is 2.94 bits per heavy atom. The number of nitrogens with zero attached hydrogens (tertiary/aromatic N) is 1. The van der Waals surface area contributed by atoms with Crippen LogP contribution in [0.25, 0.3) is 0 Å². The molecule has 0 aliphatic heterocycles. The first-order valence-corrected chi connectivity index (χ1v) is 8.47. The normalized spacial score (nSPS) is 17.0. The van der Waals surface area contributed by atoms with Gasteiger partial charge in [-0.05, 0) is 54.9 Å². The fraction of sp³-hybridized carbons (Fsp3) is 0.733. The lowest BCUT2D eigenvalue weighted by molar-refractivity contribution is 0.495. The molecule has 1 unspecified atom stereocenters. The highest BCUT2D eigenvalue weighted by Gasteiger charge is 2.31. The van der Waals surface area contributed by atoms with E-state index in [9.17, 15) is 0 Å². The third-order valence-electron chi connectivity index (χ3n) is 3.56. The monoisotopic (exact) mass is 266 g/mol. The van der Waals surface area contributed by atoms with E-state index in [2.05, 4.69) is 42.2 Å². The van der Waals surface area contributed by atoms with Crippen LogP contribution in [-0.4, -0.2) is 22.6 Å². The van der Waals surface area contributed by atoms with Crippen molar-refractivity contribution in [1.29, 1.82) is 0 Å². The number of hydrogen-bond acceptors (Lipinski definition) is 2. The first-order valence-electron chi connectivity index (χ1n) is 7.32. The van der Waals surface area contributed by atoms with E-state index in [1.807, 2.05) is 11.8 Å². The van der Waals surface area contributed by atoms with Gasteiger partial charge in [-0.15, -0.1) is 0 Å². The maximum Gasteiger partial charge on any atom is 0.0363 e. The van der Waals surface area contributed by atoms with Crippen LogP contribution in [-0.2, 0) is 6.54 Å². The highest BCUT2D eigenvalue weighted by Crippen LogP contribution is 2.40. The van der Waals surface area contributed by atoms with E-state index in [-0.39, 0.29) is 0 Å². The van der Waals surface area contributed by atoms with Gasteiger partial charge in [0.15, 0.2) is 0 Å². The summed E-state index contributed by atoms with van der Waals surface area (Å²) < 4.78 is 2.36. The number of nitrogens with one attached hydrogen (secondary N) is 1. The summed E-state index contributed by atoms with van der Waals surface area (Å²) in [5.74, 6) is 3.40. The Balaban J connectivity index is 1.83. The largest absolute Gasteiger partial charge is 0.354 e. The van der Waals surface area contributed by atoms with Crippen molar-refractivity contribution in [3.63, 3.8) is 0 Å². The van der Waals surface area contributed by atoms with Gasteiger partial charge in [-0.25, -0.2) is 0 Å². The SMILES string of the molecule is CCNC(c1ccn(CCCSCC)c1)C1CC1. The third-order valence-corrected chi connectivity index (χ3v) is 4.54. The summed E-state index contributed by atoms with van der Waals surface area (Å²) in [4.78, 5) is 0. The van der Waals surface area contributed by atoms with Gasteiger partial charge in [0, 0.05) is 25.0 Å². The molecule has 0 aromatic carbocycles. The standard InChI is InChI=1S/C15H26N2S/c1-3-16-15(13-6-7-13)14-8-10-17(12-14)9-5-11-18-4-2/h8,10,12-13,15-16H,3-7,9,11H2,1-2H3. The quantitative estimate of drug-likeness (QED) is 0.687. The zero-order valence-electron chi connectivity index (χ0n) is 11.7.